The smallest absolute Gasteiger partial charge is 0.251 e. The van der Waals surface area contributed by atoms with Gasteiger partial charge >= 0.3 is 0 Å². The molecule has 24 heavy (non-hydrogen) atoms. The molecule has 2 aromatic heterocycles. The molecule has 5 N–H and O–H groups in total. The van der Waals surface area contributed by atoms with Crippen LogP contribution in [0.25, 0.3) is 0 Å². The zero-order valence-corrected chi connectivity index (χ0v) is 15.0. The van der Waals surface area contributed by atoms with Crippen LogP contribution in [-0.2, 0) is 16.8 Å². The number of thiophene rings is 1. The Balaban J connectivity index is 2.05. The van der Waals surface area contributed by atoms with Crippen LogP contribution in [0.15, 0.2) is 12.3 Å². The SMILES string of the molecule is CC1(C)Cc2c(sc(NC(O)c3ccn[nH]3)c2C(N)=O)C(C)(C)O1. The number of amides is 1. The van der Waals surface area contributed by atoms with E-state index in [0.29, 0.717) is 22.7 Å². The Morgan fingerprint density at radius 3 is 2.79 bits per heavy atom. The number of fused-ring (bicyclic) bond motifs is 1. The summed E-state index contributed by atoms with van der Waals surface area (Å²) in [5.74, 6) is -0.514. The number of hydrogen-bond acceptors (Lipinski definition) is 6. The number of aromatic nitrogens is 2. The highest BCUT2D eigenvalue weighted by molar-refractivity contribution is 7.17. The summed E-state index contributed by atoms with van der Waals surface area (Å²) >= 11 is 1.39. The monoisotopic (exact) mass is 350 g/mol. The van der Waals surface area contributed by atoms with Crippen LogP contribution in [0.5, 0.6) is 0 Å². The first-order valence-electron chi connectivity index (χ1n) is 7.71. The van der Waals surface area contributed by atoms with Crippen molar-refractivity contribution >= 4 is 22.2 Å². The number of hydrogen-bond donors (Lipinski definition) is 4. The summed E-state index contributed by atoms with van der Waals surface area (Å²) in [6.45, 7) is 7.94. The van der Waals surface area contributed by atoms with Gasteiger partial charge in [-0.1, -0.05) is 0 Å². The number of nitrogens with one attached hydrogen (secondary N) is 2. The minimum Gasteiger partial charge on any atom is -0.368 e. The van der Waals surface area contributed by atoms with Crippen LogP contribution < -0.4 is 11.1 Å². The lowest BCUT2D eigenvalue weighted by molar-refractivity contribution is -0.135. The maximum atomic E-state index is 12.1. The summed E-state index contributed by atoms with van der Waals surface area (Å²) in [6.07, 6.45) is 1.12. The Morgan fingerprint density at radius 1 is 1.50 bits per heavy atom. The van der Waals surface area contributed by atoms with E-state index in [-0.39, 0.29) is 0 Å². The summed E-state index contributed by atoms with van der Waals surface area (Å²) in [6, 6.07) is 1.66. The summed E-state index contributed by atoms with van der Waals surface area (Å²) in [4.78, 5) is 13.0. The van der Waals surface area contributed by atoms with E-state index in [1.165, 1.54) is 11.3 Å². The number of nitrogens with two attached hydrogens (primary N) is 1. The molecular formula is C16H22N4O3S. The molecule has 1 unspecified atom stereocenters. The third-order valence-corrected chi connectivity index (χ3v) is 5.49. The van der Waals surface area contributed by atoms with E-state index in [9.17, 15) is 9.90 Å². The zero-order valence-electron chi connectivity index (χ0n) is 14.1. The van der Waals surface area contributed by atoms with Crippen LogP contribution >= 0.6 is 11.3 Å². The van der Waals surface area contributed by atoms with E-state index in [0.717, 1.165) is 10.4 Å². The molecule has 0 radical (unpaired) electrons. The van der Waals surface area contributed by atoms with Gasteiger partial charge in [-0.15, -0.1) is 11.3 Å². The number of rotatable bonds is 4. The molecule has 1 aliphatic rings. The molecule has 0 fully saturated rings. The normalized spacial score (nSPS) is 19.5. The number of primary amides is 1. The number of aliphatic hydroxyl groups excluding tert-OH is 1. The van der Waals surface area contributed by atoms with Crippen molar-refractivity contribution in [2.75, 3.05) is 5.32 Å². The molecule has 3 heterocycles. The number of nitrogens with zero attached hydrogens (tertiary/aromatic N) is 1. The van der Waals surface area contributed by atoms with Gasteiger partial charge in [0.05, 0.1) is 22.5 Å². The van der Waals surface area contributed by atoms with Crippen molar-refractivity contribution < 1.29 is 14.6 Å². The van der Waals surface area contributed by atoms with Gasteiger partial charge in [-0.3, -0.25) is 9.89 Å². The van der Waals surface area contributed by atoms with Gasteiger partial charge < -0.3 is 20.9 Å². The summed E-state index contributed by atoms with van der Waals surface area (Å²) in [7, 11) is 0. The molecule has 0 saturated heterocycles. The highest BCUT2D eigenvalue weighted by Crippen LogP contribution is 2.48. The van der Waals surface area contributed by atoms with E-state index < -0.39 is 23.3 Å². The van der Waals surface area contributed by atoms with E-state index in [4.69, 9.17) is 10.5 Å². The molecule has 3 rings (SSSR count). The molecule has 0 aromatic carbocycles. The molecule has 130 valence electrons. The van der Waals surface area contributed by atoms with Crippen molar-refractivity contribution in [2.45, 2.75) is 51.5 Å². The van der Waals surface area contributed by atoms with Crippen LogP contribution in [0.4, 0.5) is 5.00 Å². The third-order valence-electron chi connectivity index (χ3n) is 4.02. The predicted molar refractivity (Wildman–Crippen MR) is 91.9 cm³/mol. The molecule has 2 aromatic rings. The fourth-order valence-electron chi connectivity index (χ4n) is 3.30. The Morgan fingerprint density at radius 2 is 2.21 bits per heavy atom. The second-order valence-electron chi connectivity index (χ2n) is 7.09. The molecule has 0 spiro atoms. The lowest BCUT2D eigenvalue weighted by atomic mass is 9.86. The zero-order chi connectivity index (χ0) is 17.7. The van der Waals surface area contributed by atoms with E-state index in [2.05, 4.69) is 15.5 Å². The predicted octanol–water partition coefficient (Wildman–Crippen LogP) is 2.26. The molecule has 1 amide bonds. The van der Waals surface area contributed by atoms with Crippen molar-refractivity contribution in [1.82, 2.24) is 10.2 Å². The lowest BCUT2D eigenvalue weighted by Crippen LogP contribution is -2.42. The second kappa shape index (κ2) is 5.58. The van der Waals surface area contributed by atoms with Crippen LogP contribution in [0.1, 0.15) is 60.4 Å². The van der Waals surface area contributed by atoms with Gasteiger partial charge in [-0.2, -0.15) is 5.10 Å². The Bertz CT molecular complexity index is 765. The summed E-state index contributed by atoms with van der Waals surface area (Å²) < 4.78 is 6.16. The van der Waals surface area contributed by atoms with Gasteiger partial charge in [0.15, 0.2) is 6.23 Å². The molecule has 8 heteroatoms. The van der Waals surface area contributed by atoms with E-state index in [1.807, 2.05) is 27.7 Å². The Kier molecular flexibility index (Phi) is 3.94. The van der Waals surface area contributed by atoms with Crippen LogP contribution in [0.2, 0.25) is 0 Å². The topological polar surface area (TPSA) is 113 Å². The number of aromatic amines is 1. The Labute approximate surface area is 144 Å². The number of carbonyl (C=O) groups excluding carboxylic acids is 1. The molecule has 1 aliphatic heterocycles. The molecule has 7 nitrogen and oxygen atoms in total. The van der Waals surface area contributed by atoms with Gasteiger partial charge in [0.25, 0.3) is 5.91 Å². The summed E-state index contributed by atoms with van der Waals surface area (Å²) in [5, 5.41) is 20.3. The molecule has 1 atom stereocenters. The highest BCUT2D eigenvalue weighted by Gasteiger charge is 2.42. The quantitative estimate of drug-likeness (QED) is 0.632. The maximum absolute atomic E-state index is 12.1. The third kappa shape index (κ3) is 2.92. The van der Waals surface area contributed by atoms with E-state index >= 15 is 0 Å². The van der Waals surface area contributed by atoms with Crippen molar-refractivity contribution in [2.24, 2.45) is 5.73 Å². The molecule has 0 aliphatic carbocycles. The lowest BCUT2D eigenvalue weighted by Gasteiger charge is -2.41. The minimum atomic E-state index is -1.01. The molecular weight excluding hydrogens is 328 g/mol. The van der Waals surface area contributed by atoms with E-state index in [1.54, 1.807) is 12.3 Å². The van der Waals surface area contributed by atoms with Gasteiger partial charge in [0, 0.05) is 17.5 Å². The average Bonchev–Trinajstić information content (AvgIpc) is 3.03. The number of anilines is 1. The Hall–Kier alpha value is -1.90. The van der Waals surface area contributed by atoms with Gasteiger partial charge in [0.2, 0.25) is 0 Å². The fraction of sp³-hybridized carbons (Fsp3) is 0.500. The van der Waals surface area contributed by atoms with Crippen LogP contribution in [-0.4, -0.2) is 26.8 Å². The fourth-order valence-corrected chi connectivity index (χ4v) is 4.59. The highest BCUT2D eigenvalue weighted by atomic mass is 32.1. The van der Waals surface area contributed by atoms with Gasteiger partial charge in [-0.05, 0) is 39.3 Å². The first-order chi connectivity index (χ1) is 11.1. The second-order valence-corrected chi connectivity index (χ2v) is 8.11. The minimum absolute atomic E-state index is 0.402. The first-order valence-corrected chi connectivity index (χ1v) is 8.52. The van der Waals surface area contributed by atoms with Crippen LogP contribution in [0.3, 0.4) is 0 Å². The molecule has 0 bridgehead atoms. The number of H-pyrrole nitrogens is 1. The number of ether oxygens (including phenoxy) is 1. The van der Waals surface area contributed by atoms with Crippen molar-refractivity contribution in [1.29, 1.82) is 0 Å². The van der Waals surface area contributed by atoms with Crippen molar-refractivity contribution in [3.05, 3.63) is 34.0 Å². The van der Waals surface area contributed by atoms with Crippen LogP contribution in [0, 0.1) is 0 Å². The average molecular weight is 350 g/mol. The summed E-state index contributed by atoms with van der Waals surface area (Å²) in [5.41, 5.74) is 6.53. The van der Waals surface area contributed by atoms with Crippen molar-refractivity contribution in [3.63, 3.8) is 0 Å². The molecule has 0 saturated carbocycles. The standard InChI is InChI=1S/C16H22N4O3S/c1-15(2)7-8-10(12(17)21)14(24-11(8)16(3,4)23-15)19-13(22)9-5-6-18-20-9/h5-6,13,19,22H,7H2,1-4H3,(H2,17,21)(H,18,20). The maximum Gasteiger partial charge on any atom is 0.251 e. The number of aliphatic hydroxyl groups is 1. The number of carbonyl (C=O) groups is 1. The van der Waals surface area contributed by atoms with Gasteiger partial charge in [0.1, 0.15) is 5.00 Å². The largest absolute Gasteiger partial charge is 0.368 e. The van der Waals surface area contributed by atoms with Crippen molar-refractivity contribution in [3.8, 4) is 0 Å². The first kappa shape index (κ1) is 16.9. The van der Waals surface area contributed by atoms with Gasteiger partial charge in [-0.25, -0.2) is 0 Å².